The number of hydrogen-bond acceptors (Lipinski definition) is 2. The molecule has 1 atom stereocenters. The monoisotopic (exact) mass is 203 g/mol. The quantitative estimate of drug-likeness (QED) is 0.455. The van der Waals surface area contributed by atoms with Gasteiger partial charge in [-0.15, -0.1) is 0 Å². The van der Waals surface area contributed by atoms with Crippen LogP contribution in [0.2, 0.25) is 6.04 Å². The lowest BCUT2D eigenvalue weighted by Gasteiger charge is -2.10. The number of rotatable bonds is 9. The normalized spacial score (nSPS) is 14.1. The van der Waals surface area contributed by atoms with Crippen LogP contribution in [0.4, 0.5) is 0 Å². The Balaban J connectivity index is 2.91. The van der Waals surface area contributed by atoms with Gasteiger partial charge in [-0.05, 0) is 45.3 Å². The molecule has 0 amide bonds. The van der Waals surface area contributed by atoms with Crippen LogP contribution in [0.25, 0.3) is 0 Å². The fraction of sp³-hybridized carbons (Fsp3) is 1.00. The van der Waals surface area contributed by atoms with Gasteiger partial charge in [-0.3, -0.25) is 0 Å². The molecule has 3 heteroatoms. The Labute approximate surface area is 85.4 Å². The van der Waals surface area contributed by atoms with Crippen molar-refractivity contribution < 1.29 is 4.43 Å². The molecule has 0 bridgehead atoms. The van der Waals surface area contributed by atoms with Crippen molar-refractivity contribution in [3.8, 4) is 0 Å². The van der Waals surface area contributed by atoms with Crippen molar-refractivity contribution in [3.05, 3.63) is 0 Å². The minimum Gasteiger partial charge on any atom is -0.421 e. The number of nitrogens with one attached hydrogen (secondary N) is 1. The smallest absolute Gasteiger partial charge is 0.162 e. The highest BCUT2D eigenvalue weighted by Crippen LogP contribution is 1.96. The topological polar surface area (TPSA) is 21.3 Å². The van der Waals surface area contributed by atoms with Crippen LogP contribution in [0.3, 0.4) is 0 Å². The third-order valence-corrected chi connectivity index (χ3v) is 3.75. The molecule has 0 aromatic heterocycles. The summed E-state index contributed by atoms with van der Waals surface area (Å²) in [4.78, 5) is 0. The van der Waals surface area contributed by atoms with Gasteiger partial charge in [0.1, 0.15) is 0 Å². The molecule has 2 nitrogen and oxygen atoms in total. The third-order valence-electron chi connectivity index (χ3n) is 2.15. The fourth-order valence-electron chi connectivity index (χ4n) is 1.06. The van der Waals surface area contributed by atoms with Crippen molar-refractivity contribution in [2.24, 2.45) is 0 Å². The Morgan fingerprint density at radius 3 is 2.69 bits per heavy atom. The van der Waals surface area contributed by atoms with Crippen LogP contribution in [0.1, 0.15) is 40.0 Å². The first kappa shape index (κ1) is 13.1. The van der Waals surface area contributed by atoms with E-state index < -0.39 is 0 Å². The van der Waals surface area contributed by atoms with Crippen molar-refractivity contribution in [3.63, 3.8) is 0 Å². The highest BCUT2D eigenvalue weighted by molar-refractivity contribution is 6.27. The molecule has 0 aromatic rings. The summed E-state index contributed by atoms with van der Waals surface area (Å²) in [5.41, 5.74) is 0. The van der Waals surface area contributed by atoms with Crippen LogP contribution in [-0.2, 0) is 4.43 Å². The van der Waals surface area contributed by atoms with Crippen LogP contribution in [0, 0.1) is 0 Å². The summed E-state index contributed by atoms with van der Waals surface area (Å²) in [6.07, 6.45) is 4.18. The summed E-state index contributed by atoms with van der Waals surface area (Å²) >= 11 is 0. The second-order valence-electron chi connectivity index (χ2n) is 3.55. The van der Waals surface area contributed by atoms with E-state index in [2.05, 4.69) is 26.1 Å². The van der Waals surface area contributed by atoms with E-state index in [-0.39, 0.29) is 9.76 Å². The first-order chi connectivity index (χ1) is 6.31. The average molecular weight is 203 g/mol. The van der Waals surface area contributed by atoms with E-state index in [1.807, 2.05) is 0 Å². The van der Waals surface area contributed by atoms with Gasteiger partial charge in [-0.25, -0.2) is 0 Å². The maximum Gasteiger partial charge on any atom is 0.162 e. The van der Waals surface area contributed by atoms with Gasteiger partial charge in [0.05, 0.1) is 0 Å². The second kappa shape index (κ2) is 10.2. The molecular weight excluding hydrogens is 178 g/mol. The lowest BCUT2D eigenvalue weighted by Crippen LogP contribution is -2.17. The molecule has 13 heavy (non-hydrogen) atoms. The van der Waals surface area contributed by atoms with Crippen molar-refractivity contribution >= 4 is 9.76 Å². The minimum absolute atomic E-state index is 0.221. The van der Waals surface area contributed by atoms with E-state index in [1.165, 1.54) is 25.4 Å². The van der Waals surface area contributed by atoms with Crippen molar-refractivity contribution in [1.29, 1.82) is 0 Å². The van der Waals surface area contributed by atoms with Crippen LogP contribution in [0.15, 0.2) is 0 Å². The van der Waals surface area contributed by atoms with Gasteiger partial charge in [0.2, 0.25) is 0 Å². The van der Waals surface area contributed by atoms with Gasteiger partial charge in [0.15, 0.2) is 9.76 Å². The van der Waals surface area contributed by atoms with E-state index in [9.17, 15) is 0 Å². The fourth-order valence-corrected chi connectivity index (χ4v) is 2.32. The molecule has 0 rings (SSSR count). The average Bonchev–Trinajstić information content (AvgIpc) is 2.16. The van der Waals surface area contributed by atoms with Gasteiger partial charge in [0, 0.05) is 6.10 Å². The van der Waals surface area contributed by atoms with Crippen LogP contribution in [-0.4, -0.2) is 29.0 Å². The summed E-state index contributed by atoms with van der Waals surface area (Å²) in [6, 6.07) is 1.32. The Hall–Kier alpha value is 0.137. The van der Waals surface area contributed by atoms with Crippen molar-refractivity contribution in [2.45, 2.75) is 52.2 Å². The zero-order chi connectivity index (χ0) is 9.94. The molecule has 0 aliphatic rings. The van der Waals surface area contributed by atoms with E-state index in [4.69, 9.17) is 4.43 Å². The molecular formula is C10H25NOSi. The molecule has 0 saturated heterocycles. The maximum absolute atomic E-state index is 5.71. The van der Waals surface area contributed by atoms with Crippen LogP contribution >= 0.6 is 0 Å². The van der Waals surface area contributed by atoms with Gasteiger partial charge in [0.25, 0.3) is 0 Å². The van der Waals surface area contributed by atoms with Gasteiger partial charge >= 0.3 is 0 Å². The molecule has 0 aromatic carbocycles. The van der Waals surface area contributed by atoms with E-state index in [1.54, 1.807) is 0 Å². The maximum atomic E-state index is 5.71. The minimum atomic E-state index is -0.221. The van der Waals surface area contributed by atoms with E-state index in [0.29, 0.717) is 6.10 Å². The van der Waals surface area contributed by atoms with E-state index >= 15 is 0 Å². The first-order valence-electron chi connectivity index (χ1n) is 5.63. The predicted octanol–water partition coefficient (Wildman–Crippen LogP) is 1.69. The highest BCUT2D eigenvalue weighted by Gasteiger charge is 1.97. The molecule has 0 aliphatic heterocycles. The number of hydrogen-bond donors (Lipinski definition) is 1. The Morgan fingerprint density at radius 1 is 1.31 bits per heavy atom. The molecule has 0 fully saturated rings. The summed E-state index contributed by atoms with van der Waals surface area (Å²) in [5.74, 6) is 0. The summed E-state index contributed by atoms with van der Waals surface area (Å²) < 4.78 is 5.71. The lowest BCUT2D eigenvalue weighted by molar-refractivity contribution is 0.228. The molecule has 0 aliphatic carbocycles. The largest absolute Gasteiger partial charge is 0.421 e. The Kier molecular flexibility index (Phi) is 10.3. The molecule has 0 heterocycles. The lowest BCUT2D eigenvalue weighted by atomic mass is 10.3. The first-order valence-corrected chi connectivity index (χ1v) is 7.21. The van der Waals surface area contributed by atoms with Crippen molar-refractivity contribution in [1.82, 2.24) is 5.32 Å². The molecule has 0 saturated carbocycles. The molecule has 0 spiro atoms. The van der Waals surface area contributed by atoms with E-state index in [0.717, 1.165) is 13.0 Å². The summed E-state index contributed by atoms with van der Waals surface area (Å²) in [7, 11) is -0.221. The Morgan fingerprint density at radius 2 is 2.08 bits per heavy atom. The molecule has 80 valence electrons. The van der Waals surface area contributed by atoms with Crippen LogP contribution < -0.4 is 5.32 Å². The predicted molar refractivity (Wildman–Crippen MR) is 62.0 cm³/mol. The van der Waals surface area contributed by atoms with Gasteiger partial charge < -0.3 is 9.74 Å². The van der Waals surface area contributed by atoms with Crippen LogP contribution in [0.5, 0.6) is 0 Å². The molecule has 1 N–H and O–H groups in total. The zero-order valence-electron chi connectivity index (χ0n) is 9.44. The standard InChI is InChI=1S/C10H25NOSi/c1-4-7-11-8-6-9-13-12-10(3)5-2/h10-11H,4-9,13H2,1-3H3. The molecule has 0 radical (unpaired) electrons. The van der Waals surface area contributed by atoms with Gasteiger partial charge in [-0.2, -0.15) is 0 Å². The third kappa shape index (κ3) is 10.1. The molecule has 1 unspecified atom stereocenters. The SMILES string of the molecule is CCCNCCC[SiH2]OC(C)CC. The summed E-state index contributed by atoms with van der Waals surface area (Å²) in [5, 5.41) is 3.40. The zero-order valence-corrected chi connectivity index (χ0v) is 10.8. The second-order valence-corrected chi connectivity index (χ2v) is 5.00. The van der Waals surface area contributed by atoms with Crippen molar-refractivity contribution in [2.75, 3.05) is 13.1 Å². The van der Waals surface area contributed by atoms with Gasteiger partial charge in [-0.1, -0.05) is 13.8 Å². The summed E-state index contributed by atoms with van der Waals surface area (Å²) in [6.45, 7) is 8.89. The highest BCUT2D eigenvalue weighted by atomic mass is 28.2. The Bertz CT molecular complexity index is 101.